The van der Waals surface area contributed by atoms with Gasteiger partial charge in [0.1, 0.15) is 17.5 Å². The first kappa shape index (κ1) is 24.9. The number of nitrogens with zero attached hydrogens (tertiary/aromatic N) is 4. The molecule has 0 bridgehead atoms. The summed E-state index contributed by atoms with van der Waals surface area (Å²) in [4.78, 5) is 11.7. The van der Waals surface area contributed by atoms with E-state index in [4.69, 9.17) is 9.47 Å². The molecule has 0 amide bonds. The topological polar surface area (TPSA) is 88.2 Å². The molecule has 2 aromatic heterocycles. The van der Waals surface area contributed by atoms with Gasteiger partial charge < -0.3 is 19.7 Å². The van der Waals surface area contributed by atoms with Gasteiger partial charge >= 0.3 is 0 Å². The molecule has 1 aliphatic heterocycles. The Bertz CT molecular complexity index is 1370. The molecule has 4 aromatic rings. The summed E-state index contributed by atoms with van der Waals surface area (Å²) in [5.74, 6) is 0.846. The molecule has 0 saturated carbocycles. The van der Waals surface area contributed by atoms with Crippen LogP contribution in [0, 0.1) is 11.6 Å². The number of aromatic nitrogens is 4. The number of benzene rings is 2. The molecule has 0 atom stereocenters. The summed E-state index contributed by atoms with van der Waals surface area (Å²) in [6.07, 6.45) is 4.19. The minimum Gasteiger partial charge on any atom is -0.493 e. The lowest BCUT2D eigenvalue weighted by atomic mass is 10.1. The zero-order valence-corrected chi connectivity index (χ0v) is 21.0. The number of methoxy groups -OCH3 is 1. The molecule has 37 heavy (non-hydrogen) atoms. The number of fused-ring (bicyclic) bond motifs is 1. The van der Waals surface area contributed by atoms with Gasteiger partial charge in [-0.15, -0.1) is 0 Å². The molecule has 2 N–H and O–H groups in total. The van der Waals surface area contributed by atoms with E-state index in [0.29, 0.717) is 40.6 Å². The van der Waals surface area contributed by atoms with Crippen LogP contribution in [0.4, 0.5) is 20.4 Å². The van der Waals surface area contributed by atoms with E-state index in [-0.39, 0.29) is 11.4 Å². The van der Waals surface area contributed by atoms with E-state index in [1.54, 1.807) is 19.2 Å². The standard InChI is InChI=1S/C27H30F2N6O2/c1-3-20-14-25(34-33-20)31-27-21-15-23(36-2)24(37-10-6-9-35-7-4-5-8-35)16-22(21)30-26(32-27)17-11-18(28)13-19(29)12-17/h11-16H,3-10H2,1-2H3,(H2,30,31,32,33,34). The first-order chi connectivity index (χ1) is 18.0. The molecular weight excluding hydrogens is 478 g/mol. The van der Waals surface area contributed by atoms with E-state index in [1.165, 1.54) is 25.0 Å². The third-order valence-corrected chi connectivity index (χ3v) is 6.44. The van der Waals surface area contributed by atoms with Crippen molar-refractivity contribution < 1.29 is 18.3 Å². The van der Waals surface area contributed by atoms with Crippen molar-refractivity contribution >= 4 is 22.5 Å². The lowest BCUT2D eigenvalue weighted by Gasteiger charge is -2.16. The van der Waals surface area contributed by atoms with E-state index in [2.05, 4.69) is 30.4 Å². The second-order valence-electron chi connectivity index (χ2n) is 9.08. The van der Waals surface area contributed by atoms with E-state index in [9.17, 15) is 8.78 Å². The summed E-state index contributed by atoms with van der Waals surface area (Å²) in [5.41, 5.74) is 1.72. The number of ether oxygens (including phenoxy) is 2. The molecule has 3 heterocycles. The maximum absolute atomic E-state index is 14.0. The van der Waals surface area contributed by atoms with Crippen LogP contribution in [0.15, 0.2) is 36.4 Å². The Morgan fingerprint density at radius 2 is 1.78 bits per heavy atom. The van der Waals surface area contributed by atoms with E-state index in [0.717, 1.165) is 44.2 Å². The summed E-state index contributed by atoms with van der Waals surface area (Å²) in [7, 11) is 1.58. The highest BCUT2D eigenvalue weighted by Gasteiger charge is 2.17. The number of halogens is 2. The summed E-state index contributed by atoms with van der Waals surface area (Å²) in [5, 5.41) is 11.1. The number of rotatable bonds is 10. The van der Waals surface area contributed by atoms with Gasteiger partial charge in [-0.05, 0) is 57.0 Å². The van der Waals surface area contributed by atoms with Crippen LogP contribution in [-0.2, 0) is 6.42 Å². The number of aryl methyl sites for hydroxylation is 1. The number of H-pyrrole nitrogens is 1. The molecule has 1 saturated heterocycles. The fourth-order valence-electron chi connectivity index (χ4n) is 4.52. The number of anilines is 2. The van der Waals surface area contributed by atoms with Crippen molar-refractivity contribution in [2.45, 2.75) is 32.6 Å². The van der Waals surface area contributed by atoms with Gasteiger partial charge in [0.25, 0.3) is 0 Å². The summed E-state index contributed by atoms with van der Waals surface area (Å²) < 4.78 is 39.7. The molecule has 0 spiro atoms. The Hall–Kier alpha value is -3.79. The van der Waals surface area contributed by atoms with Crippen molar-refractivity contribution in [2.24, 2.45) is 0 Å². The number of likely N-dealkylation sites (tertiary alicyclic amines) is 1. The van der Waals surface area contributed by atoms with Crippen molar-refractivity contribution in [3.8, 4) is 22.9 Å². The first-order valence-electron chi connectivity index (χ1n) is 12.5. The maximum atomic E-state index is 14.0. The monoisotopic (exact) mass is 508 g/mol. The van der Waals surface area contributed by atoms with Crippen LogP contribution in [0.25, 0.3) is 22.3 Å². The van der Waals surface area contributed by atoms with Crippen molar-refractivity contribution in [1.82, 2.24) is 25.1 Å². The Morgan fingerprint density at radius 1 is 1.00 bits per heavy atom. The summed E-state index contributed by atoms with van der Waals surface area (Å²) in [6.45, 7) is 5.83. The normalized spacial score (nSPS) is 13.8. The number of hydrogen-bond acceptors (Lipinski definition) is 7. The number of aromatic amines is 1. The third-order valence-electron chi connectivity index (χ3n) is 6.44. The Balaban J connectivity index is 1.51. The SMILES string of the molecule is CCc1cc(Nc2nc(-c3cc(F)cc(F)c3)nc3cc(OCCCN4CCCC4)c(OC)cc23)n[nH]1. The second-order valence-corrected chi connectivity index (χ2v) is 9.08. The molecule has 5 rings (SSSR count). The van der Waals surface area contributed by atoms with Crippen LogP contribution < -0.4 is 14.8 Å². The largest absolute Gasteiger partial charge is 0.493 e. The summed E-state index contributed by atoms with van der Waals surface area (Å²) >= 11 is 0. The van der Waals surface area contributed by atoms with Gasteiger partial charge in [0.2, 0.25) is 0 Å². The zero-order chi connectivity index (χ0) is 25.8. The highest BCUT2D eigenvalue weighted by atomic mass is 19.1. The Morgan fingerprint density at radius 3 is 2.49 bits per heavy atom. The van der Waals surface area contributed by atoms with E-state index < -0.39 is 11.6 Å². The molecule has 0 unspecified atom stereocenters. The minimum atomic E-state index is -0.704. The van der Waals surface area contributed by atoms with Gasteiger partial charge in [-0.25, -0.2) is 18.7 Å². The molecule has 0 aliphatic carbocycles. The predicted molar refractivity (Wildman–Crippen MR) is 138 cm³/mol. The quantitative estimate of drug-likeness (QED) is 0.274. The van der Waals surface area contributed by atoms with E-state index >= 15 is 0 Å². The average molecular weight is 509 g/mol. The van der Waals surface area contributed by atoms with Crippen LogP contribution in [0.2, 0.25) is 0 Å². The van der Waals surface area contributed by atoms with Crippen molar-refractivity contribution in [1.29, 1.82) is 0 Å². The lowest BCUT2D eigenvalue weighted by molar-refractivity contribution is 0.254. The van der Waals surface area contributed by atoms with Gasteiger partial charge in [-0.1, -0.05) is 6.92 Å². The van der Waals surface area contributed by atoms with Crippen LogP contribution in [0.1, 0.15) is 31.9 Å². The van der Waals surface area contributed by atoms with Gasteiger partial charge in [0, 0.05) is 41.4 Å². The van der Waals surface area contributed by atoms with Crippen LogP contribution >= 0.6 is 0 Å². The van der Waals surface area contributed by atoms with Crippen LogP contribution in [-0.4, -0.2) is 58.4 Å². The third kappa shape index (κ3) is 5.80. The highest BCUT2D eigenvalue weighted by Crippen LogP contribution is 2.36. The maximum Gasteiger partial charge on any atom is 0.163 e. The highest BCUT2D eigenvalue weighted by molar-refractivity contribution is 5.94. The van der Waals surface area contributed by atoms with Crippen molar-refractivity contribution in [2.75, 3.05) is 38.7 Å². The van der Waals surface area contributed by atoms with Crippen LogP contribution in [0.5, 0.6) is 11.5 Å². The van der Waals surface area contributed by atoms with Crippen molar-refractivity contribution in [3.63, 3.8) is 0 Å². The Kier molecular flexibility index (Phi) is 7.45. The number of nitrogens with one attached hydrogen (secondary N) is 2. The molecule has 1 aliphatic rings. The molecule has 10 heteroatoms. The van der Waals surface area contributed by atoms with Gasteiger partial charge in [0.15, 0.2) is 23.1 Å². The Labute approximate surface area is 214 Å². The fourth-order valence-corrected chi connectivity index (χ4v) is 4.52. The molecule has 8 nitrogen and oxygen atoms in total. The van der Waals surface area contributed by atoms with Crippen molar-refractivity contribution in [3.05, 3.63) is 53.7 Å². The summed E-state index contributed by atoms with van der Waals surface area (Å²) in [6, 6.07) is 8.69. The predicted octanol–water partition coefficient (Wildman–Crippen LogP) is 5.48. The lowest BCUT2D eigenvalue weighted by Crippen LogP contribution is -2.21. The molecule has 2 aromatic carbocycles. The molecule has 1 fully saturated rings. The van der Waals surface area contributed by atoms with Crippen LogP contribution in [0.3, 0.4) is 0 Å². The molecule has 194 valence electrons. The fraction of sp³-hybridized carbons (Fsp3) is 0.370. The minimum absolute atomic E-state index is 0.171. The molecule has 0 radical (unpaired) electrons. The van der Waals surface area contributed by atoms with Gasteiger partial charge in [-0.3, -0.25) is 5.10 Å². The zero-order valence-electron chi connectivity index (χ0n) is 21.0. The second kappa shape index (κ2) is 11.1. The average Bonchev–Trinajstić information content (AvgIpc) is 3.57. The van der Waals surface area contributed by atoms with E-state index in [1.807, 2.05) is 13.0 Å². The first-order valence-corrected chi connectivity index (χ1v) is 12.5. The van der Waals surface area contributed by atoms with Gasteiger partial charge in [-0.2, -0.15) is 5.10 Å². The van der Waals surface area contributed by atoms with Gasteiger partial charge in [0.05, 0.1) is 19.2 Å². The smallest absolute Gasteiger partial charge is 0.163 e. The molecular formula is C27H30F2N6O2. The number of hydrogen-bond donors (Lipinski definition) is 2.